The minimum absolute atomic E-state index is 0.0961. The topological polar surface area (TPSA) is 117 Å². The van der Waals surface area contributed by atoms with Crippen molar-refractivity contribution in [1.29, 1.82) is 0 Å². The van der Waals surface area contributed by atoms with Crippen LogP contribution in [0.2, 0.25) is 0 Å². The first-order valence-electron chi connectivity index (χ1n) is 12.0. The van der Waals surface area contributed by atoms with Gasteiger partial charge in [-0.1, -0.05) is 63.4 Å². The molecule has 2 amide bonds. The fourth-order valence-corrected chi connectivity index (χ4v) is 4.21. The Hall–Kier alpha value is -4.45. The Morgan fingerprint density at radius 1 is 1.18 bits per heavy atom. The van der Waals surface area contributed by atoms with Crippen LogP contribution in [-0.2, 0) is 19.8 Å². The number of aryl methyl sites for hydroxylation is 1. The lowest BCUT2D eigenvalue weighted by molar-refractivity contribution is -0.140. The van der Waals surface area contributed by atoms with E-state index in [-0.39, 0.29) is 41.3 Å². The van der Waals surface area contributed by atoms with Gasteiger partial charge in [0.05, 0.1) is 0 Å². The van der Waals surface area contributed by atoms with Gasteiger partial charge in [0.1, 0.15) is 17.2 Å². The van der Waals surface area contributed by atoms with Crippen molar-refractivity contribution < 1.29 is 23.1 Å². The maximum absolute atomic E-state index is 13.0. The molecule has 0 saturated heterocycles. The predicted octanol–water partition coefficient (Wildman–Crippen LogP) is 5.42. The van der Waals surface area contributed by atoms with E-state index in [4.69, 9.17) is 0 Å². The minimum atomic E-state index is -4.53. The number of aliphatic hydroxyl groups is 1. The van der Waals surface area contributed by atoms with Gasteiger partial charge in [0.2, 0.25) is 0 Å². The molecule has 9 nitrogen and oxygen atoms in total. The van der Waals surface area contributed by atoms with Gasteiger partial charge in [0.15, 0.2) is 23.6 Å². The molecule has 39 heavy (non-hydrogen) atoms. The van der Waals surface area contributed by atoms with Crippen LogP contribution in [-0.4, -0.2) is 30.7 Å². The third-order valence-electron chi connectivity index (χ3n) is 6.14. The quantitative estimate of drug-likeness (QED) is 0.284. The van der Waals surface area contributed by atoms with Crippen molar-refractivity contribution in [1.82, 2.24) is 24.8 Å². The van der Waals surface area contributed by atoms with Crippen molar-refractivity contribution in [2.75, 3.05) is 10.6 Å². The average molecular weight is 540 g/mol. The number of urea groups is 1. The van der Waals surface area contributed by atoms with E-state index < -0.39 is 24.1 Å². The molecule has 1 unspecified atom stereocenters. The van der Waals surface area contributed by atoms with E-state index in [9.17, 15) is 23.1 Å². The first-order chi connectivity index (χ1) is 18.4. The summed E-state index contributed by atoms with van der Waals surface area (Å²) in [5.74, 6) is 0.849. The van der Waals surface area contributed by atoms with Crippen LogP contribution >= 0.6 is 0 Å². The molecule has 2 aromatic heterocycles. The number of carbonyl (C=O) groups is 1. The molecule has 12 heteroatoms. The number of carbonyl (C=O) groups excluding carboxylic acids is 1. The average Bonchev–Trinajstić information content (AvgIpc) is 3.28. The smallest absolute Gasteiger partial charge is 0.368 e. The van der Waals surface area contributed by atoms with Gasteiger partial charge in [-0.2, -0.15) is 13.2 Å². The molecule has 4 rings (SSSR count). The molecule has 0 saturated carbocycles. The van der Waals surface area contributed by atoms with E-state index in [2.05, 4.69) is 44.1 Å². The molecule has 3 aromatic rings. The molecule has 204 valence electrons. The molecule has 0 spiro atoms. The van der Waals surface area contributed by atoms with E-state index in [0.717, 1.165) is 17.3 Å². The molecule has 3 heterocycles. The van der Waals surface area contributed by atoms with Gasteiger partial charge in [-0.3, -0.25) is 0 Å². The lowest BCUT2D eigenvalue weighted by Crippen LogP contribution is -2.39. The zero-order chi connectivity index (χ0) is 28.5. The van der Waals surface area contributed by atoms with E-state index in [1.165, 1.54) is 11.6 Å². The largest absolute Gasteiger partial charge is 0.434 e. The number of amides is 2. The van der Waals surface area contributed by atoms with Crippen LogP contribution < -0.4 is 16.0 Å². The van der Waals surface area contributed by atoms with Crippen LogP contribution in [0.4, 0.5) is 29.5 Å². The highest BCUT2D eigenvalue weighted by Gasteiger charge is 2.34. The number of aromatic nitrogens is 4. The summed E-state index contributed by atoms with van der Waals surface area (Å²) in [6.45, 7) is 12.0. The van der Waals surface area contributed by atoms with Gasteiger partial charge >= 0.3 is 12.2 Å². The van der Waals surface area contributed by atoms with Crippen molar-refractivity contribution in [3.63, 3.8) is 0 Å². The zero-order valence-corrected chi connectivity index (χ0v) is 21.6. The second kappa shape index (κ2) is 10.7. The van der Waals surface area contributed by atoms with Crippen molar-refractivity contribution in [3.05, 3.63) is 84.1 Å². The maximum atomic E-state index is 13.0. The van der Waals surface area contributed by atoms with E-state index in [0.29, 0.717) is 11.1 Å². The van der Waals surface area contributed by atoms with Gasteiger partial charge in [0, 0.05) is 30.9 Å². The van der Waals surface area contributed by atoms with Crippen LogP contribution in [0.25, 0.3) is 17.0 Å². The number of allylic oxidation sites excluding steroid dienone is 4. The van der Waals surface area contributed by atoms with Crippen LogP contribution in [0.15, 0.2) is 61.3 Å². The third-order valence-corrected chi connectivity index (χ3v) is 6.14. The number of halogens is 3. The van der Waals surface area contributed by atoms with Crippen LogP contribution in [0.3, 0.4) is 0 Å². The molecule has 1 aromatic carbocycles. The van der Waals surface area contributed by atoms with Gasteiger partial charge in [-0.25, -0.2) is 19.7 Å². The molecule has 0 radical (unpaired) electrons. The number of benzene rings is 1. The Morgan fingerprint density at radius 2 is 1.87 bits per heavy atom. The van der Waals surface area contributed by atoms with Crippen LogP contribution in [0.5, 0.6) is 0 Å². The third kappa shape index (κ3) is 5.70. The van der Waals surface area contributed by atoms with E-state index >= 15 is 0 Å². The molecule has 1 aliphatic heterocycles. The van der Waals surface area contributed by atoms with Gasteiger partial charge < -0.3 is 25.6 Å². The highest BCUT2D eigenvalue weighted by molar-refractivity contribution is 5.96. The summed E-state index contributed by atoms with van der Waals surface area (Å²) >= 11 is 0. The number of imidazole rings is 1. The number of nitrogens with zero attached hydrogens (tertiary/aromatic N) is 4. The number of hydrogen-bond donors (Lipinski definition) is 4. The Kier molecular flexibility index (Phi) is 7.59. The number of hydrogen-bond acceptors (Lipinski definition) is 6. The molecule has 4 N–H and O–H groups in total. The normalized spacial score (nSPS) is 15.7. The molecule has 0 fully saturated rings. The summed E-state index contributed by atoms with van der Waals surface area (Å²) in [6, 6.07) is 6.23. The van der Waals surface area contributed by atoms with Crippen LogP contribution in [0.1, 0.15) is 42.9 Å². The first-order valence-corrected chi connectivity index (χ1v) is 12.0. The number of aliphatic hydroxyl groups excluding tert-OH is 1. The second-order valence-electron chi connectivity index (χ2n) is 9.20. The van der Waals surface area contributed by atoms with Gasteiger partial charge in [-0.05, 0) is 17.1 Å². The van der Waals surface area contributed by atoms with Gasteiger partial charge in [0.25, 0.3) is 0 Å². The lowest BCUT2D eigenvalue weighted by Gasteiger charge is -2.25. The minimum Gasteiger partial charge on any atom is -0.368 e. The van der Waals surface area contributed by atoms with Gasteiger partial charge in [-0.15, -0.1) is 0 Å². The second-order valence-corrected chi connectivity index (χ2v) is 9.20. The number of nitrogens with one attached hydrogen (secondary N) is 3. The summed E-state index contributed by atoms with van der Waals surface area (Å²) in [7, 11) is 1.50. The molecule has 1 aliphatic rings. The Labute approximate surface area is 223 Å². The summed E-state index contributed by atoms with van der Waals surface area (Å²) in [6.07, 6.45) is -1.62. The zero-order valence-electron chi connectivity index (χ0n) is 21.6. The van der Waals surface area contributed by atoms with E-state index in [1.54, 1.807) is 36.4 Å². The SMILES string of the molecule is C=C/C(=C(\C=C)C(C)C)c1nc(NCc2ccc(-c3nc(C(F)(F)F)cn3C)cc2)c2c(n1)C(O)NC(=O)N2. The highest BCUT2D eigenvalue weighted by atomic mass is 19.4. The summed E-state index contributed by atoms with van der Waals surface area (Å²) in [5.41, 5.74) is 2.24. The molecular formula is C27H28F3N7O2. The Bertz CT molecular complexity index is 1460. The number of anilines is 2. The van der Waals surface area contributed by atoms with Crippen molar-refractivity contribution in [2.45, 2.75) is 32.8 Å². The summed E-state index contributed by atoms with van der Waals surface area (Å²) < 4.78 is 40.5. The molecule has 1 atom stereocenters. The standard InChI is InChI=1S/C27H28F3N7O2/c1-6-17(14(3)4)18(7-2)22-33-21-20(34-26(39)36-25(21)38)23(35-22)31-12-15-8-10-16(11-9-15)24-32-19(13-37(24)5)27(28,29)30/h6-11,13-14,25,38H,1-2,12H2,3-5H3,(H,31,33,35)(H2,34,36,39)/b18-17-. The lowest BCUT2D eigenvalue weighted by atomic mass is 9.96. The monoisotopic (exact) mass is 539 g/mol. The van der Waals surface area contributed by atoms with Crippen LogP contribution in [0, 0.1) is 5.92 Å². The Balaban J connectivity index is 1.66. The highest BCUT2D eigenvalue weighted by Crippen LogP contribution is 2.34. The first kappa shape index (κ1) is 27.6. The molecule has 0 aliphatic carbocycles. The number of alkyl halides is 3. The molecule has 0 bridgehead atoms. The van der Waals surface area contributed by atoms with Crippen molar-refractivity contribution in [2.24, 2.45) is 13.0 Å². The predicted molar refractivity (Wildman–Crippen MR) is 142 cm³/mol. The number of rotatable bonds is 8. The number of fused-ring (bicyclic) bond motifs is 1. The van der Waals surface area contributed by atoms with Crippen molar-refractivity contribution >= 4 is 23.1 Å². The molecular weight excluding hydrogens is 511 g/mol. The maximum Gasteiger partial charge on any atom is 0.434 e. The van der Waals surface area contributed by atoms with Crippen molar-refractivity contribution in [3.8, 4) is 11.4 Å². The van der Waals surface area contributed by atoms with E-state index in [1.807, 2.05) is 13.8 Å². The summed E-state index contributed by atoms with van der Waals surface area (Å²) in [4.78, 5) is 24.9. The fraction of sp³-hybridized carbons (Fsp3) is 0.259. The summed E-state index contributed by atoms with van der Waals surface area (Å²) in [5, 5.41) is 18.7. The fourth-order valence-electron chi connectivity index (χ4n) is 4.21. The Morgan fingerprint density at radius 3 is 2.44 bits per heavy atom.